The largest absolute Gasteiger partial charge is 0.352 e. The number of alkyl halides is 2. The number of hydrogen-bond acceptors (Lipinski definition) is 7. The number of nitrogens with one attached hydrogen (secondary N) is 1. The number of fused-ring (bicyclic) bond motifs is 1. The lowest BCUT2D eigenvalue weighted by Crippen LogP contribution is -2.25. The minimum atomic E-state index is -3.64. The molecular formula is C25H26F2N6O3S. The van der Waals surface area contributed by atoms with Crippen molar-refractivity contribution in [3.8, 4) is 5.69 Å². The van der Waals surface area contributed by atoms with Crippen molar-refractivity contribution in [3.63, 3.8) is 0 Å². The zero-order valence-electron chi connectivity index (χ0n) is 20.6. The van der Waals surface area contributed by atoms with E-state index in [0.717, 1.165) is 29.1 Å². The molecule has 1 aliphatic heterocycles. The number of hydrogen-bond donors (Lipinski definition) is 1. The van der Waals surface area contributed by atoms with Crippen LogP contribution < -0.4 is 9.62 Å². The molecule has 0 spiro atoms. The molecule has 0 atom stereocenters. The highest BCUT2D eigenvalue weighted by atomic mass is 32.2. The van der Waals surface area contributed by atoms with Gasteiger partial charge in [-0.2, -0.15) is 5.10 Å². The van der Waals surface area contributed by atoms with Crippen molar-refractivity contribution in [3.05, 3.63) is 53.6 Å². The third-order valence-electron chi connectivity index (χ3n) is 6.44. The molecule has 1 aliphatic carbocycles. The van der Waals surface area contributed by atoms with Crippen LogP contribution in [0.1, 0.15) is 29.9 Å². The zero-order valence-corrected chi connectivity index (χ0v) is 21.4. The quantitative estimate of drug-likeness (QED) is 0.447. The van der Waals surface area contributed by atoms with Crippen LogP contribution in [0.4, 0.5) is 31.5 Å². The summed E-state index contributed by atoms with van der Waals surface area (Å²) < 4.78 is 54.6. The lowest BCUT2D eigenvalue weighted by Gasteiger charge is -2.22. The van der Waals surface area contributed by atoms with Gasteiger partial charge in [-0.3, -0.25) is 14.1 Å². The molecule has 0 radical (unpaired) electrons. The van der Waals surface area contributed by atoms with Gasteiger partial charge in [-0.1, -0.05) is 0 Å². The van der Waals surface area contributed by atoms with Gasteiger partial charge in [0.2, 0.25) is 10.0 Å². The van der Waals surface area contributed by atoms with E-state index in [4.69, 9.17) is 0 Å². The van der Waals surface area contributed by atoms with Crippen LogP contribution in [0.25, 0.3) is 5.69 Å². The maximum Gasteiger partial charge on any atom is 0.277 e. The van der Waals surface area contributed by atoms with E-state index in [1.165, 1.54) is 7.05 Å². The SMILES string of the molecule is Cc1ccn(-c2ccc(Nc3cc(CC(=O)C4CC4)nc4c3N=C(C(F)F)C4)c(N(C)S(C)(=O)=O)c2)n1. The van der Waals surface area contributed by atoms with Crippen LogP contribution >= 0.6 is 0 Å². The number of pyridine rings is 1. The predicted octanol–water partition coefficient (Wildman–Crippen LogP) is 4.13. The molecule has 3 heterocycles. The zero-order chi connectivity index (χ0) is 26.5. The highest BCUT2D eigenvalue weighted by Gasteiger charge is 2.31. The van der Waals surface area contributed by atoms with Gasteiger partial charge in [-0.25, -0.2) is 26.9 Å². The Bertz CT molecular complexity index is 1530. The molecule has 9 nitrogen and oxygen atoms in total. The molecule has 12 heteroatoms. The number of halogens is 2. The summed E-state index contributed by atoms with van der Waals surface area (Å²) in [5, 5.41) is 7.58. The van der Waals surface area contributed by atoms with E-state index in [9.17, 15) is 22.0 Å². The average Bonchev–Trinajstić information content (AvgIpc) is 3.45. The van der Waals surface area contributed by atoms with Crippen molar-refractivity contribution < 1.29 is 22.0 Å². The van der Waals surface area contributed by atoms with Gasteiger partial charge in [-0.15, -0.1) is 0 Å². The van der Waals surface area contributed by atoms with Crippen LogP contribution in [-0.2, 0) is 27.7 Å². The van der Waals surface area contributed by atoms with E-state index in [0.29, 0.717) is 34.1 Å². The Morgan fingerprint density at radius 3 is 2.59 bits per heavy atom. The topological polar surface area (TPSA) is 110 Å². The minimum absolute atomic E-state index is 0.0350. The maximum atomic E-state index is 13.5. The van der Waals surface area contributed by atoms with Crippen LogP contribution in [0.3, 0.4) is 0 Å². The summed E-state index contributed by atoms with van der Waals surface area (Å²) in [6.07, 6.45) is 1.83. The van der Waals surface area contributed by atoms with Crippen molar-refractivity contribution in [1.82, 2.24) is 14.8 Å². The second kappa shape index (κ2) is 9.33. The standard InChI is InChI=1S/C25H26F2N6O3S/c1-14-8-9-33(31-14)17-6-7-18(22(12-17)32(2)37(3,35)36)29-19-10-16(11-23(34)15-4-5-15)28-20-13-21(25(26)27)30-24(19)20/h6-10,12,15,25H,4-5,11,13H2,1-3H3,(H,28,29). The molecule has 0 unspecified atom stereocenters. The molecule has 1 N–H and O–H groups in total. The smallest absolute Gasteiger partial charge is 0.277 e. The Kier molecular flexibility index (Phi) is 6.30. The second-order valence-corrected chi connectivity index (χ2v) is 11.4. The van der Waals surface area contributed by atoms with Gasteiger partial charge in [-0.05, 0) is 50.1 Å². The molecular weight excluding hydrogens is 502 g/mol. The summed E-state index contributed by atoms with van der Waals surface area (Å²) in [5.41, 5.74) is 3.34. The van der Waals surface area contributed by atoms with Crippen LogP contribution in [0.15, 0.2) is 41.5 Å². The van der Waals surface area contributed by atoms with Gasteiger partial charge in [0.05, 0.1) is 51.8 Å². The number of ketones is 1. The van der Waals surface area contributed by atoms with Gasteiger partial charge in [0.25, 0.3) is 6.43 Å². The fourth-order valence-corrected chi connectivity index (χ4v) is 4.71. The molecule has 1 aromatic carbocycles. The van der Waals surface area contributed by atoms with Gasteiger partial charge >= 0.3 is 0 Å². The lowest BCUT2D eigenvalue weighted by molar-refractivity contribution is -0.119. The number of benzene rings is 1. The first-order valence-corrected chi connectivity index (χ1v) is 13.6. The first-order chi connectivity index (χ1) is 17.5. The summed E-state index contributed by atoms with van der Waals surface area (Å²) in [7, 11) is -2.21. The maximum absolute atomic E-state index is 13.5. The highest BCUT2D eigenvalue weighted by molar-refractivity contribution is 7.92. The van der Waals surface area contributed by atoms with Gasteiger partial charge in [0.1, 0.15) is 11.5 Å². The fraction of sp³-hybridized carbons (Fsp3) is 0.360. The normalized spacial score (nSPS) is 15.0. The molecule has 0 bridgehead atoms. The molecule has 2 aromatic heterocycles. The molecule has 1 fully saturated rings. The van der Waals surface area contributed by atoms with E-state index in [2.05, 4.69) is 20.4 Å². The van der Waals surface area contributed by atoms with Crippen LogP contribution in [0, 0.1) is 12.8 Å². The van der Waals surface area contributed by atoms with Crippen LogP contribution in [0.5, 0.6) is 0 Å². The molecule has 37 heavy (non-hydrogen) atoms. The summed E-state index contributed by atoms with van der Waals surface area (Å²) in [6.45, 7) is 1.85. The first-order valence-electron chi connectivity index (χ1n) is 11.8. The van der Waals surface area contributed by atoms with Gasteiger partial charge in [0, 0.05) is 32.0 Å². The molecule has 0 saturated heterocycles. The third-order valence-corrected chi connectivity index (χ3v) is 7.63. The summed E-state index contributed by atoms with van der Waals surface area (Å²) in [6, 6.07) is 8.59. The predicted molar refractivity (Wildman–Crippen MR) is 137 cm³/mol. The number of carbonyl (C=O) groups is 1. The molecule has 1 saturated carbocycles. The van der Waals surface area contributed by atoms with E-state index < -0.39 is 16.4 Å². The fourth-order valence-electron chi connectivity index (χ4n) is 4.20. The van der Waals surface area contributed by atoms with Crippen molar-refractivity contribution in [2.45, 2.75) is 39.0 Å². The Morgan fingerprint density at radius 1 is 1.22 bits per heavy atom. The molecule has 0 amide bonds. The van der Waals surface area contributed by atoms with Crippen molar-refractivity contribution in [2.75, 3.05) is 22.9 Å². The molecule has 3 aromatic rings. The van der Waals surface area contributed by atoms with Crippen molar-refractivity contribution >= 4 is 44.3 Å². The number of aryl methyl sites for hydroxylation is 1. The number of anilines is 3. The van der Waals surface area contributed by atoms with Crippen molar-refractivity contribution in [1.29, 1.82) is 0 Å². The number of Topliss-reactive ketones (excluding diaryl/α,β-unsaturated/α-hetero) is 1. The van der Waals surface area contributed by atoms with E-state index in [1.54, 1.807) is 35.1 Å². The van der Waals surface area contributed by atoms with E-state index in [1.807, 2.05) is 13.0 Å². The second-order valence-electron chi connectivity index (χ2n) is 9.41. The Morgan fingerprint density at radius 2 is 1.97 bits per heavy atom. The van der Waals surface area contributed by atoms with Gasteiger partial charge < -0.3 is 5.32 Å². The number of sulfonamides is 1. The number of carbonyl (C=O) groups excluding carboxylic acids is 1. The van der Waals surface area contributed by atoms with E-state index in [-0.39, 0.29) is 35.9 Å². The molecule has 2 aliphatic rings. The third kappa shape index (κ3) is 5.24. The summed E-state index contributed by atoms with van der Waals surface area (Å²) in [4.78, 5) is 21.0. The molecule has 194 valence electrons. The Hall–Kier alpha value is -3.67. The van der Waals surface area contributed by atoms with Crippen molar-refractivity contribution in [2.24, 2.45) is 10.9 Å². The Labute approximate surface area is 213 Å². The van der Waals surface area contributed by atoms with Gasteiger partial charge in [0.15, 0.2) is 0 Å². The first kappa shape index (κ1) is 25.0. The number of nitrogens with zero attached hydrogens (tertiary/aromatic N) is 5. The van der Waals surface area contributed by atoms with Crippen LogP contribution in [-0.4, -0.2) is 54.4 Å². The molecule has 5 rings (SSSR count). The summed E-state index contributed by atoms with van der Waals surface area (Å²) >= 11 is 0. The Balaban J connectivity index is 1.58. The monoisotopic (exact) mass is 528 g/mol. The summed E-state index contributed by atoms with van der Waals surface area (Å²) in [5.74, 6) is 0.107. The lowest BCUT2D eigenvalue weighted by atomic mass is 10.1. The number of aliphatic imine (C=N–C) groups is 1. The minimum Gasteiger partial charge on any atom is -0.352 e. The van der Waals surface area contributed by atoms with E-state index >= 15 is 0 Å². The number of aromatic nitrogens is 3. The highest BCUT2D eigenvalue weighted by Crippen LogP contribution is 2.40. The van der Waals surface area contributed by atoms with Crippen LogP contribution in [0.2, 0.25) is 0 Å². The average molecular weight is 529 g/mol. The number of rotatable bonds is 9.